The van der Waals surface area contributed by atoms with Crippen LogP contribution < -0.4 is 15.4 Å². The number of hydrogen-bond donors (Lipinski definition) is 3. The van der Waals surface area contributed by atoms with E-state index in [-0.39, 0.29) is 24.1 Å². The molecule has 0 spiro atoms. The number of carbonyl (C=O) groups is 4. The van der Waals surface area contributed by atoms with Crippen LogP contribution in [0.5, 0.6) is 5.75 Å². The molecule has 0 bridgehead atoms. The quantitative estimate of drug-likeness (QED) is 0.0812. The number of benzene rings is 2. The lowest BCUT2D eigenvalue weighted by Gasteiger charge is -2.19. The smallest absolute Gasteiger partial charge is 0.402 e. The second-order valence-corrected chi connectivity index (χ2v) is 12.2. The summed E-state index contributed by atoms with van der Waals surface area (Å²) < 4.78 is 67.1. The summed E-state index contributed by atoms with van der Waals surface area (Å²) in [5.74, 6) is -4.37. The number of esters is 2. The monoisotopic (exact) mass is 923 g/mol. The van der Waals surface area contributed by atoms with Crippen LogP contribution >= 0.6 is 67.8 Å². The zero-order valence-electron chi connectivity index (χ0n) is 19.7. The Bertz CT molecular complexity index is 1510. The van der Waals surface area contributed by atoms with E-state index < -0.39 is 67.7 Å². The lowest BCUT2D eigenvalue weighted by atomic mass is 10.1. The Kier molecular flexibility index (Phi) is 11.1. The Balaban J connectivity index is 2.55. The van der Waals surface area contributed by atoms with Gasteiger partial charge in [-0.25, -0.2) is 9.59 Å². The van der Waals surface area contributed by atoms with Gasteiger partial charge in [0.05, 0.1) is 32.6 Å². The second-order valence-electron chi connectivity index (χ2n) is 7.44. The number of nitrogens with one attached hydrogen (secondary N) is 2. The van der Waals surface area contributed by atoms with E-state index >= 15 is 0 Å². The minimum atomic E-state index is -5.96. The first kappa shape index (κ1) is 33.9. The zero-order valence-corrected chi connectivity index (χ0v) is 27.0. The van der Waals surface area contributed by atoms with Crippen molar-refractivity contribution < 1.29 is 55.3 Å². The maximum atomic E-state index is 13.5. The van der Waals surface area contributed by atoms with Gasteiger partial charge in [-0.3, -0.25) is 24.3 Å². The molecule has 2 amide bonds. The summed E-state index contributed by atoms with van der Waals surface area (Å²) in [6, 6.07) is 2.24. The van der Waals surface area contributed by atoms with E-state index in [2.05, 4.69) is 15.4 Å². The van der Waals surface area contributed by atoms with Crippen LogP contribution in [0.3, 0.4) is 0 Å². The van der Waals surface area contributed by atoms with Crippen LogP contribution in [-0.2, 0) is 24.4 Å². The minimum Gasteiger partial charge on any atom is -0.454 e. The average molecular weight is 923 g/mol. The molecule has 0 unspecified atom stereocenters. The number of carbonyl (C=O) groups excluding carboxylic acids is 4. The predicted molar refractivity (Wildman–Crippen MR) is 158 cm³/mol. The van der Waals surface area contributed by atoms with E-state index in [1.54, 1.807) is 45.2 Å². The average Bonchev–Trinajstić information content (AvgIpc) is 2.82. The van der Waals surface area contributed by atoms with Gasteiger partial charge in [-0.1, -0.05) is 0 Å². The van der Waals surface area contributed by atoms with Gasteiger partial charge in [-0.15, -0.1) is 0 Å². The van der Waals surface area contributed by atoms with E-state index in [1.807, 2.05) is 22.6 Å². The number of anilines is 2. The Labute approximate surface area is 264 Å². The molecule has 40 heavy (non-hydrogen) atoms. The molecule has 2 aromatic rings. The summed E-state index contributed by atoms with van der Waals surface area (Å²) in [7, 11) is -5.96. The first-order chi connectivity index (χ1) is 18.3. The highest BCUT2D eigenvalue weighted by Crippen LogP contribution is 2.39. The molecule has 0 aliphatic carbocycles. The highest BCUT2D eigenvalue weighted by atomic mass is 127. The van der Waals surface area contributed by atoms with Crippen LogP contribution in [0.25, 0.3) is 0 Å². The van der Waals surface area contributed by atoms with Gasteiger partial charge in [0.25, 0.3) is 5.69 Å². The van der Waals surface area contributed by atoms with Crippen molar-refractivity contribution in [3.8, 4) is 5.75 Å². The predicted octanol–water partition coefficient (Wildman–Crippen LogP) is 4.18. The Morgan fingerprint density at radius 2 is 1.50 bits per heavy atom. The number of alkyl halides is 2. The fourth-order valence-electron chi connectivity index (χ4n) is 2.78. The third-order valence-electron chi connectivity index (χ3n) is 4.47. The number of ether oxygens (including phenoxy) is 2. The zero-order chi connectivity index (χ0) is 30.7. The summed E-state index contributed by atoms with van der Waals surface area (Å²) in [6.07, 6.45) is 0. The van der Waals surface area contributed by atoms with Gasteiger partial charge in [0, 0.05) is 26.0 Å². The van der Waals surface area contributed by atoms with Crippen molar-refractivity contribution in [1.82, 2.24) is 0 Å². The van der Waals surface area contributed by atoms with Gasteiger partial charge < -0.3 is 20.1 Å². The molecule has 0 atom stereocenters. The highest BCUT2D eigenvalue weighted by Gasteiger charge is 2.46. The van der Waals surface area contributed by atoms with Crippen molar-refractivity contribution in [3.05, 3.63) is 50.2 Å². The van der Waals surface area contributed by atoms with Crippen molar-refractivity contribution in [2.24, 2.45) is 0 Å². The van der Waals surface area contributed by atoms with E-state index in [0.29, 0.717) is 15.7 Å². The SMILES string of the molecule is CC(=O)Nc1c(I)c(NC(C)=O)c(I)c(C(=O)Oc2ccc([N+](=O)[O-])c(C(=O)OCC(F)(F)S(=O)(=O)O)c2)c1I. The van der Waals surface area contributed by atoms with Crippen LogP contribution in [0.1, 0.15) is 34.6 Å². The standard InChI is InChI=1S/C20H14F2I3N3O11S/c1-7(29)26-16-13(23)12(14(24)17(15(16)25)27-8(2)30)19(32)39-9-3-4-11(28(33)34)10(5-9)18(31)38-6-20(21,22)40(35,36)37/h3-5H,6H2,1-2H3,(H,26,29)(H,27,30)(H,35,36,37). The summed E-state index contributed by atoms with van der Waals surface area (Å²) >= 11 is 5.34. The van der Waals surface area contributed by atoms with Crippen LogP contribution in [0.4, 0.5) is 25.8 Å². The van der Waals surface area contributed by atoms with Crippen molar-refractivity contribution in [2.75, 3.05) is 17.2 Å². The molecule has 0 heterocycles. The fraction of sp³-hybridized carbons (Fsp3) is 0.200. The van der Waals surface area contributed by atoms with Crippen LogP contribution in [0.2, 0.25) is 0 Å². The lowest BCUT2D eigenvalue weighted by molar-refractivity contribution is -0.385. The van der Waals surface area contributed by atoms with Gasteiger partial charge >= 0.3 is 27.3 Å². The molecule has 0 aromatic heterocycles. The third kappa shape index (κ3) is 7.90. The lowest BCUT2D eigenvalue weighted by Crippen LogP contribution is -2.34. The molecule has 0 aliphatic rings. The summed E-state index contributed by atoms with van der Waals surface area (Å²) in [5, 5.41) is 11.5. The number of halogens is 5. The molecular formula is C20H14F2I3N3O11S. The van der Waals surface area contributed by atoms with Crippen LogP contribution in [-0.4, -0.2) is 53.5 Å². The molecule has 20 heteroatoms. The van der Waals surface area contributed by atoms with E-state index in [9.17, 15) is 46.5 Å². The maximum absolute atomic E-state index is 13.5. The molecule has 0 aliphatic heterocycles. The second kappa shape index (κ2) is 13.1. The molecule has 0 radical (unpaired) electrons. The van der Waals surface area contributed by atoms with E-state index in [1.165, 1.54) is 13.8 Å². The number of amides is 2. The van der Waals surface area contributed by atoms with Gasteiger partial charge in [-0.2, -0.15) is 17.2 Å². The normalized spacial score (nSPS) is 11.4. The van der Waals surface area contributed by atoms with Crippen molar-refractivity contribution >= 4 is 119 Å². The molecule has 14 nitrogen and oxygen atoms in total. The maximum Gasteiger partial charge on any atom is 0.402 e. The van der Waals surface area contributed by atoms with Crippen LogP contribution in [0, 0.1) is 20.8 Å². The molecule has 3 N–H and O–H groups in total. The summed E-state index contributed by atoms with van der Waals surface area (Å²) in [4.78, 5) is 59.3. The molecule has 216 valence electrons. The van der Waals surface area contributed by atoms with Gasteiger partial charge in [0.15, 0.2) is 6.61 Å². The Hall–Kier alpha value is -2.32. The van der Waals surface area contributed by atoms with E-state index in [0.717, 1.165) is 6.07 Å². The fourth-order valence-corrected chi connectivity index (χ4v) is 7.13. The van der Waals surface area contributed by atoms with Crippen molar-refractivity contribution in [3.63, 3.8) is 0 Å². The van der Waals surface area contributed by atoms with Crippen molar-refractivity contribution in [1.29, 1.82) is 0 Å². The molecule has 0 saturated heterocycles. The topological polar surface area (TPSA) is 208 Å². The molecule has 0 fully saturated rings. The molecule has 2 aromatic carbocycles. The Morgan fingerprint density at radius 1 is 1.00 bits per heavy atom. The number of nitro groups is 1. The molecule has 0 saturated carbocycles. The first-order valence-corrected chi connectivity index (χ1v) is 14.7. The molecule has 2 rings (SSSR count). The van der Waals surface area contributed by atoms with Crippen LogP contribution in [0.15, 0.2) is 18.2 Å². The number of hydrogen-bond acceptors (Lipinski definition) is 10. The van der Waals surface area contributed by atoms with Crippen molar-refractivity contribution in [2.45, 2.75) is 19.1 Å². The largest absolute Gasteiger partial charge is 0.454 e. The highest BCUT2D eigenvalue weighted by molar-refractivity contribution is 14.1. The minimum absolute atomic E-state index is 0.149. The van der Waals surface area contributed by atoms with Gasteiger partial charge in [0.1, 0.15) is 11.3 Å². The van der Waals surface area contributed by atoms with E-state index in [4.69, 9.17) is 9.29 Å². The number of rotatable bonds is 9. The summed E-state index contributed by atoms with van der Waals surface area (Å²) in [6.45, 7) is 0.260. The third-order valence-corrected chi connectivity index (χ3v) is 8.58. The number of nitrogens with zero attached hydrogens (tertiary/aromatic N) is 1. The summed E-state index contributed by atoms with van der Waals surface area (Å²) in [5.41, 5.74) is -1.76. The Morgan fingerprint density at radius 3 is 1.93 bits per heavy atom. The first-order valence-electron chi connectivity index (χ1n) is 10.1. The van der Waals surface area contributed by atoms with Gasteiger partial charge in [-0.05, 0) is 73.8 Å². The molecular weight excluding hydrogens is 909 g/mol. The van der Waals surface area contributed by atoms with Gasteiger partial charge in [0.2, 0.25) is 11.8 Å². The number of nitro benzene ring substituents is 1.